The Morgan fingerprint density at radius 1 is 1.11 bits per heavy atom. The minimum absolute atomic E-state index is 0.144. The molecule has 1 aromatic carbocycles. The summed E-state index contributed by atoms with van der Waals surface area (Å²) >= 11 is 0. The molecule has 3 heterocycles. The molecule has 1 aliphatic heterocycles. The first-order valence-corrected chi connectivity index (χ1v) is 8.82. The molecule has 0 saturated carbocycles. The summed E-state index contributed by atoms with van der Waals surface area (Å²) in [6.07, 6.45) is 2.37. The van der Waals surface area contributed by atoms with Crippen LogP contribution in [0.1, 0.15) is 22.7 Å². The van der Waals surface area contributed by atoms with Gasteiger partial charge in [0.05, 0.1) is 12.8 Å². The Hall–Kier alpha value is -3.00. The van der Waals surface area contributed by atoms with E-state index in [4.69, 9.17) is 8.83 Å². The number of furan rings is 1. The summed E-state index contributed by atoms with van der Waals surface area (Å²) in [6, 6.07) is 9.33. The fourth-order valence-corrected chi connectivity index (χ4v) is 3.14. The maximum absolute atomic E-state index is 13.4. The third-order valence-electron chi connectivity index (χ3n) is 4.50. The molecule has 4 rings (SSSR count). The summed E-state index contributed by atoms with van der Waals surface area (Å²) in [6.45, 7) is 3.20. The summed E-state index contributed by atoms with van der Waals surface area (Å²) in [5.41, 5.74) is 0.378. The Morgan fingerprint density at radius 3 is 2.85 bits per heavy atom. The minimum atomic E-state index is -0.402. The molecular formula is C19H19FN4O3. The Labute approximate surface area is 155 Å². The average Bonchev–Trinajstić information content (AvgIpc) is 3.30. The van der Waals surface area contributed by atoms with E-state index < -0.39 is 5.82 Å². The van der Waals surface area contributed by atoms with E-state index in [0.717, 1.165) is 13.0 Å². The van der Waals surface area contributed by atoms with Gasteiger partial charge in [0.1, 0.15) is 5.82 Å². The normalized spacial score (nSPS) is 15.7. The molecule has 1 saturated heterocycles. The highest BCUT2D eigenvalue weighted by molar-refractivity contribution is 5.94. The maximum atomic E-state index is 13.4. The van der Waals surface area contributed by atoms with Crippen LogP contribution in [-0.4, -0.2) is 52.1 Å². The zero-order chi connectivity index (χ0) is 18.6. The second-order valence-electron chi connectivity index (χ2n) is 6.41. The monoisotopic (exact) mass is 370 g/mol. The molecule has 0 aliphatic carbocycles. The van der Waals surface area contributed by atoms with Crippen molar-refractivity contribution in [2.45, 2.75) is 13.0 Å². The van der Waals surface area contributed by atoms with Crippen molar-refractivity contribution in [3.63, 3.8) is 0 Å². The first-order valence-electron chi connectivity index (χ1n) is 8.82. The number of benzene rings is 1. The SMILES string of the molecule is O=C(c1cccc(F)c1)N1CCCN(Cc2nnc(-c3ccco3)o2)CC1. The van der Waals surface area contributed by atoms with Crippen molar-refractivity contribution in [2.24, 2.45) is 0 Å². The lowest BCUT2D eigenvalue weighted by atomic mass is 10.2. The molecule has 3 aromatic rings. The van der Waals surface area contributed by atoms with Crippen molar-refractivity contribution in [2.75, 3.05) is 26.2 Å². The van der Waals surface area contributed by atoms with Gasteiger partial charge < -0.3 is 13.7 Å². The van der Waals surface area contributed by atoms with Crippen molar-refractivity contribution >= 4 is 5.91 Å². The summed E-state index contributed by atoms with van der Waals surface area (Å²) in [5.74, 6) is 0.853. The topological polar surface area (TPSA) is 75.6 Å². The van der Waals surface area contributed by atoms with Crippen molar-refractivity contribution in [1.29, 1.82) is 0 Å². The van der Waals surface area contributed by atoms with E-state index in [-0.39, 0.29) is 5.91 Å². The Morgan fingerprint density at radius 2 is 2.04 bits per heavy atom. The number of rotatable bonds is 4. The van der Waals surface area contributed by atoms with Crippen molar-refractivity contribution in [1.82, 2.24) is 20.0 Å². The van der Waals surface area contributed by atoms with E-state index in [2.05, 4.69) is 15.1 Å². The van der Waals surface area contributed by atoms with Gasteiger partial charge in [-0.15, -0.1) is 10.2 Å². The highest BCUT2D eigenvalue weighted by Crippen LogP contribution is 2.19. The third kappa shape index (κ3) is 4.06. The molecule has 0 spiro atoms. The van der Waals surface area contributed by atoms with Crippen molar-refractivity contribution in [3.8, 4) is 11.7 Å². The van der Waals surface area contributed by atoms with Crippen LogP contribution < -0.4 is 0 Å². The number of amides is 1. The van der Waals surface area contributed by atoms with E-state index in [1.165, 1.54) is 12.1 Å². The zero-order valence-corrected chi connectivity index (χ0v) is 14.7. The standard InChI is InChI=1S/C19H19FN4O3/c20-15-5-1-4-14(12-15)19(25)24-8-3-7-23(9-10-24)13-17-21-22-18(27-17)16-6-2-11-26-16/h1-2,4-6,11-12H,3,7-10,13H2. The molecular weight excluding hydrogens is 351 g/mol. The number of hydrogen-bond acceptors (Lipinski definition) is 6. The maximum Gasteiger partial charge on any atom is 0.283 e. The highest BCUT2D eigenvalue weighted by atomic mass is 19.1. The zero-order valence-electron chi connectivity index (χ0n) is 14.7. The number of hydrogen-bond donors (Lipinski definition) is 0. The van der Waals surface area contributed by atoms with Gasteiger partial charge in [-0.2, -0.15) is 0 Å². The molecule has 2 aromatic heterocycles. The summed E-state index contributed by atoms with van der Waals surface area (Å²) < 4.78 is 24.3. The van der Waals surface area contributed by atoms with Crippen LogP contribution >= 0.6 is 0 Å². The molecule has 1 fully saturated rings. The van der Waals surface area contributed by atoms with Gasteiger partial charge in [-0.05, 0) is 36.8 Å². The van der Waals surface area contributed by atoms with Gasteiger partial charge in [-0.1, -0.05) is 6.07 Å². The van der Waals surface area contributed by atoms with Crippen molar-refractivity contribution in [3.05, 3.63) is 59.9 Å². The second-order valence-corrected chi connectivity index (χ2v) is 6.41. The molecule has 8 heteroatoms. The third-order valence-corrected chi connectivity index (χ3v) is 4.50. The van der Waals surface area contributed by atoms with Crippen LogP contribution in [0, 0.1) is 5.82 Å². The molecule has 0 radical (unpaired) electrons. The van der Waals surface area contributed by atoms with Gasteiger partial charge in [0, 0.05) is 31.7 Å². The lowest BCUT2D eigenvalue weighted by Gasteiger charge is -2.21. The molecule has 7 nitrogen and oxygen atoms in total. The molecule has 0 bridgehead atoms. The quantitative estimate of drug-likeness (QED) is 0.703. The Balaban J connectivity index is 1.37. The molecule has 0 unspecified atom stereocenters. The van der Waals surface area contributed by atoms with Gasteiger partial charge in [-0.25, -0.2) is 4.39 Å². The predicted octanol–water partition coefficient (Wildman–Crippen LogP) is 2.82. The molecule has 1 aliphatic rings. The smallest absolute Gasteiger partial charge is 0.283 e. The van der Waals surface area contributed by atoms with Crippen LogP contribution in [0.15, 0.2) is 51.5 Å². The van der Waals surface area contributed by atoms with Crippen molar-refractivity contribution < 1.29 is 18.0 Å². The van der Waals surface area contributed by atoms with E-state index >= 15 is 0 Å². The first-order chi connectivity index (χ1) is 13.2. The average molecular weight is 370 g/mol. The van der Waals surface area contributed by atoms with E-state index in [9.17, 15) is 9.18 Å². The molecule has 27 heavy (non-hydrogen) atoms. The fourth-order valence-electron chi connectivity index (χ4n) is 3.14. The Kier molecular flexibility index (Phi) is 4.97. The van der Waals surface area contributed by atoms with Gasteiger partial charge in [0.25, 0.3) is 11.8 Å². The van der Waals surface area contributed by atoms with Crippen LogP contribution in [-0.2, 0) is 6.54 Å². The van der Waals surface area contributed by atoms with Crippen LogP contribution in [0.2, 0.25) is 0 Å². The summed E-state index contributed by atoms with van der Waals surface area (Å²) in [7, 11) is 0. The van der Waals surface area contributed by atoms with Crippen LogP contribution in [0.25, 0.3) is 11.7 Å². The Bertz CT molecular complexity index is 909. The van der Waals surface area contributed by atoms with Crippen LogP contribution in [0.4, 0.5) is 4.39 Å². The van der Waals surface area contributed by atoms with Gasteiger partial charge in [0.15, 0.2) is 5.76 Å². The number of nitrogens with zero attached hydrogens (tertiary/aromatic N) is 4. The van der Waals surface area contributed by atoms with E-state index in [1.54, 1.807) is 35.4 Å². The molecule has 140 valence electrons. The number of carbonyl (C=O) groups is 1. The van der Waals surface area contributed by atoms with E-state index in [0.29, 0.717) is 49.3 Å². The lowest BCUT2D eigenvalue weighted by Crippen LogP contribution is -2.35. The largest absolute Gasteiger partial charge is 0.459 e. The molecule has 0 atom stereocenters. The van der Waals surface area contributed by atoms with Gasteiger partial charge >= 0.3 is 0 Å². The van der Waals surface area contributed by atoms with Crippen LogP contribution in [0.5, 0.6) is 0 Å². The number of halogens is 1. The van der Waals surface area contributed by atoms with Gasteiger partial charge in [0.2, 0.25) is 5.89 Å². The summed E-state index contributed by atoms with van der Waals surface area (Å²) in [4.78, 5) is 16.5. The molecule has 1 amide bonds. The van der Waals surface area contributed by atoms with Crippen LogP contribution in [0.3, 0.4) is 0 Å². The summed E-state index contributed by atoms with van der Waals surface area (Å²) in [5, 5.41) is 8.07. The predicted molar refractivity (Wildman–Crippen MR) is 94.2 cm³/mol. The number of carbonyl (C=O) groups excluding carboxylic acids is 1. The van der Waals surface area contributed by atoms with E-state index in [1.807, 2.05) is 0 Å². The first kappa shape index (κ1) is 17.4. The molecule has 0 N–H and O–H groups in total. The second kappa shape index (κ2) is 7.71. The van der Waals surface area contributed by atoms with Gasteiger partial charge in [-0.3, -0.25) is 9.69 Å². The highest BCUT2D eigenvalue weighted by Gasteiger charge is 2.22. The minimum Gasteiger partial charge on any atom is -0.459 e. The number of aromatic nitrogens is 2. The fraction of sp³-hybridized carbons (Fsp3) is 0.316. The lowest BCUT2D eigenvalue weighted by molar-refractivity contribution is 0.0760.